The van der Waals surface area contributed by atoms with E-state index in [1.807, 2.05) is 0 Å². The first kappa shape index (κ1) is 19.7. The number of nitrogens with one attached hydrogen (secondary N) is 1. The number of sulfonamides is 1. The maximum absolute atomic E-state index is 12.3. The summed E-state index contributed by atoms with van der Waals surface area (Å²) >= 11 is 1.23. The van der Waals surface area contributed by atoms with E-state index in [0.717, 1.165) is 4.70 Å². The van der Waals surface area contributed by atoms with Crippen LogP contribution in [0.2, 0.25) is 0 Å². The second-order valence-corrected chi connectivity index (χ2v) is 8.47. The van der Waals surface area contributed by atoms with E-state index in [2.05, 4.69) is 10.3 Å². The number of carbonyl (C=O) groups excluding carboxylic acids is 2. The molecule has 1 heterocycles. The molecular weight excluding hydrogens is 404 g/mol. The lowest BCUT2D eigenvalue weighted by atomic mass is 10.2. The van der Waals surface area contributed by atoms with Crippen molar-refractivity contribution in [1.29, 1.82) is 0 Å². The number of nitrogens with zero attached hydrogens (tertiary/aromatic N) is 1. The summed E-state index contributed by atoms with van der Waals surface area (Å²) in [5.41, 5.74) is 6.77. The number of carbonyl (C=O) groups is 2. The van der Waals surface area contributed by atoms with Crippen molar-refractivity contribution < 1.29 is 22.7 Å². The molecule has 5 N–H and O–H groups in total. The summed E-state index contributed by atoms with van der Waals surface area (Å²) in [5.74, 6) is -1.31. The second-order valence-electron chi connectivity index (χ2n) is 5.84. The highest BCUT2D eigenvalue weighted by Crippen LogP contribution is 2.25. The third kappa shape index (κ3) is 4.44. The lowest BCUT2D eigenvalue weighted by molar-refractivity contribution is -0.123. The van der Waals surface area contributed by atoms with Crippen molar-refractivity contribution in [2.45, 2.75) is 17.9 Å². The average Bonchev–Trinajstić information content (AvgIpc) is 3.00. The molecule has 2 aromatic carbocycles. The van der Waals surface area contributed by atoms with E-state index in [4.69, 9.17) is 15.6 Å². The van der Waals surface area contributed by atoms with Gasteiger partial charge in [-0.05, 0) is 43.3 Å². The topological polar surface area (TPSA) is 154 Å². The molecule has 1 amide bonds. The Morgan fingerprint density at radius 1 is 1.21 bits per heavy atom. The number of hydrogen-bond acceptors (Lipinski definition) is 8. The van der Waals surface area contributed by atoms with Crippen molar-refractivity contribution >= 4 is 54.3 Å². The Morgan fingerprint density at radius 3 is 2.68 bits per heavy atom. The van der Waals surface area contributed by atoms with Crippen molar-refractivity contribution in [3.05, 3.63) is 48.0 Å². The van der Waals surface area contributed by atoms with Crippen LogP contribution in [-0.4, -0.2) is 31.4 Å². The van der Waals surface area contributed by atoms with Crippen molar-refractivity contribution in [2.24, 2.45) is 5.14 Å². The SMILES string of the molecule is CC(OC(=O)c1ccc2nc(N)sc2c1)C(=O)Nc1cccc(S(N)(=O)=O)c1. The molecule has 0 spiro atoms. The van der Waals surface area contributed by atoms with Crippen LogP contribution in [0, 0.1) is 0 Å². The molecule has 3 rings (SSSR count). The third-order valence-corrected chi connectivity index (χ3v) is 5.48. The van der Waals surface area contributed by atoms with Crippen LogP contribution in [0.3, 0.4) is 0 Å². The van der Waals surface area contributed by atoms with Gasteiger partial charge in [-0.1, -0.05) is 17.4 Å². The van der Waals surface area contributed by atoms with E-state index < -0.39 is 28.0 Å². The number of thiazole rings is 1. The Balaban J connectivity index is 1.68. The average molecular weight is 420 g/mol. The van der Waals surface area contributed by atoms with E-state index in [9.17, 15) is 18.0 Å². The Labute approximate surface area is 164 Å². The highest BCUT2D eigenvalue weighted by molar-refractivity contribution is 7.89. The number of nitrogens with two attached hydrogens (primary N) is 2. The zero-order valence-corrected chi connectivity index (χ0v) is 16.2. The molecule has 0 aliphatic rings. The van der Waals surface area contributed by atoms with E-state index in [-0.39, 0.29) is 16.1 Å². The molecule has 146 valence electrons. The smallest absolute Gasteiger partial charge is 0.338 e. The van der Waals surface area contributed by atoms with Gasteiger partial charge in [0.1, 0.15) is 0 Å². The zero-order chi connectivity index (χ0) is 20.5. The number of nitrogen functional groups attached to an aromatic ring is 1. The number of primary sulfonamides is 1. The van der Waals surface area contributed by atoms with Gasteiger partial charge in [-0.15, -0.1) is 0 Å². The highest BCUT2D eigenvalue weighted by Gasteiger charge is 2.20. The van der Waals surface area contributed by atoms with Gasteiger partial charge in [0.15, 0.2) is 11.2 Å². The fraction of sp³-hybridized carbons (Fsp3) is 0.118. The molecular formula is C17H16N4O5S2. The van der Waals surface area contributed by atoms with Gasteiger partial charge < -0.3 is 15.8 Å². The predicted molar refractivity (Wildman–Crippen MR) is 105 cm³/mol. The molecule has 11 heteroatoms. The van der Waals surface area contributed by atoms with Gasteiger partial charge >= 0.3 is 5.97 Å². The van der Waals surface area contributed by atoms with Gasteiger partial charge in [-0.3, -0.25) is 4.79 Å². The van der Waals surface area contributed by atoms with Gasteiger partial charge in [-0.2, -0.15) is 0 Å². The third-order valence-electron chi connectivity index (χ3n) is 3.72. The molecule has 9 nitrogen and oxygen atoms in total. The molecule has 0 radical (unpaired) electrons. The standard InChI is InChI=1S/C17H16N4O5S2/c1-9(15(22)20-11-3-2-4-12(8-11)28(19,24)25)26-16(23)10-5-6-13-14(7-10)27-17(18)21-13/h2-9H,1H3,(H2,18,21)(H,20,22)(H2,19,24,25). The number of hydrogen-bond donors (Lipinski definition) is 3. The maximum atomic E-state index is 12.3. The number of esters is 1. The second kappa shape index (κ2) is 7.54. The fourth-order valence-corrected chi connectivity index (χ4v) is 3.68. The fourth-order valence-electron chi connectivity index (χ4n) is 2.35. The minimum absolute atomic E-state index is 0.146. The van der Waals surface area contributed by atoms with Crippen LogP contribution >= 0.6 is 11.3 Å². The summed E-state index contributed by atoms with van der Waals surface area (Å²) in [7, 11) is -3.90. The van der Waals surface area contributed by atoms with Crippen LogP contribution < -0.4 is 16.2 Å². The van der Waals surface area contributed by atoms with E-state index in [0.29, 0.717) is 10.6 Å². The molecule has 1 aromatic heterocycles. The number of anilines is 2. The summed E-state index contributed by atoms with van der Waals surface area (Å²) in [4.78, 5) is 28.5. The van der Waals surface area contributed by atoms with Crippen molar-refractivity contribution in [1.82, 2.24) is 4.98 Å². The molecule has 0 aliphatic heterocycles. The summed E-state index contributed by atoms with van der Waals surface area (Å²) in [6, 6.07) is 10.2. The van der Waals surface area contributed by atoms with Gasteiger partial charge in [0.05, 0.1) is 20.7 Å². The largest absolute Gasteiger partial charge is 0.449 e. The quantitative estimate of drug-likeness (QED) is 0.531. The normalized spacial score (nSPS) is 12.5. The number of benzene rings is 2. The highest BCUT2D eigenvalue weighted by atomic mass is 32.2. The minimum Gasteiger partial charge on any atom is -0.449 e. The summed E-state index contributed by atoms with van der Waals surface area (Å²) in [6.07, 6.45) is -1.12. The predicted octanol–water partition coefficient (Wildman–Crippen LogP) is 1.71. The van der Waals surface area contributed by atoms with E-state index in [1.165, 1.54) is 48.6 Å². The molecule has 1 atom stereocenters. The number of aromatic nitrogens is 1. The first-order valence-corrected chi connectivity index (χ1v) is 10.3. The Kier molecular flexibility index (Phi) is 5.31. The first-order chi connectivity index (χ1) is 13.1. The van der Waals surface area contributed by atoms with Gasteiger partial charge in [0.25, 0.3) is 5.91 Å². The Morgan fingerprint density at radius 2 is 1.96 bits per heavy atom. The van der Waals surface area contributed by atoms with Crippen molar-refractivity contribution in [3.8, 4) is 0 Å². The van der Waals surface area contributed by atoms with Crippen LogP contribution in [0.5, 0.6) is 0 Å². The minimum atomic E-state index is -3.90. The zero-order valence-electron chi connectivity index (χ0n) is 14.6. The van der Waals surface area contributed by atoms with Crippen LogP contribution in [-0.2, 0) is 19.6 Å². The molecule has 0 fully saturated rings. The summed E-state index contributed by atoms with van der Waals surface area (Å²) in [5, 5.41) is 7.93. The Bertz CT molecular complexity index is 1170. The van der Waals surface area contributed by atoms with Gasteiger partial charge in [-0.25, -0.2) is 23.3 Å². The van der Waals surface area contributed by atoms with E-state index >= 15 is 0 Å². The molecule has 1 unspecified atom stereocenters. The summed E-state index contributed by atoms with van der Waals surface area (Å²) < 4.78 is 28.7. The van der Waals surface area contributed by atoms with Crippen molar-refractivity contribution in [2.75, 3.05) is 11.1 Å². The number of fused-ring (bicyclic) bond motifs is 1. The van der Waals surface area contributed by atoms with Gasteiger partial charge in [0, 0.05) is 5.69 Å². The van der Waals surface area contributed by atoms with E-state index in [1.54, 1.807) is 12.1 Å². The summed E-state index contributed by atoms with van der Waals surface area (Å²) in [6.45, 7) is 1.40. The monoisotopic (exact) mass is 420 g/mol. The van der Waals surface area contributed by atoms with Crippen LogP contribution in [0.1, 0.15) is 17.3 Å². The van der Waals surface area contributed by atoms with Crippen molar-refractivity contribution in [3.63, 3.8) is 0 Å². The van der Waals surface area contributed by atoms with Crippen LogP contribution in [0.15, 0.2) is 47.4 Å². The lowest BCUT2D eigenvalue weighted by Crippen LogP contribution is -2.30. The lowest BCUT2D eigenvalue weighted by Gasteiger charge is -2.14. The molecule has 0 saturated heterocycles. The molecule has 0 aliphatic carbocycles. The first-order valence-electron chi connectivity index (χ1n) is 7.94. The van der Waals surface area contributed by atoms with Crippen LogP contribution in [0.25, 0.3) is 10.2 Å². The molecule has 0 saturated carbocycles. The molecule has 0 bridgehead atoms. The van der Waals surface area contributed by atoms with Gasteiger partial charge in [0.2, 0.25) is 10.0 Å². The number of amides is 1. The number of ether oxygens (including phenoxy) is 1. The maximum Gasteiger partial charge on any atom is 0.338 e. The molecule has 28 heavy (non-hydrogen) atoms. The number of rotatable bonds is 5. The Hall–Kier alpha value is -3.02. The van der Waals surface area contributed by atoms with Crippen LogP contribution in [0.4, 0.5) is 10.8 Å². The molecule has 3 aromatic rings.